The third kappa shape index (κ3) is 3.53. The lowest BCUT2D eigenvalue weighted by Crippen LogP contribution is -2.38. The average molecular weight is 271 g/mol. The fraction of sp³-hybridized carbons (Fsp3) is 0.538. The van der Waals surface area contributed by atoms with Crippen LogP contribution >= 0.6 is 0 Å². The van der Waals surface area contributed by atoms with E-state index in [1.165, 1.54) is 18.4 Å². The molecule has 0 saturated carbocycles. The molecule has 1 aromatic carbocycles. The summed E-state index contributed by atoms with van der Waals surface area (Å²) >= 11 is 0. The summed E-state index contributed by atoms with van der Waals surface area (Å²) in [6.07, 6.45) is 2.16. The van der Waals surface area contributed by atoms with Gasteiger partial charge in [-0.15, -0.1) is 0 Å². The molecular formula is C13H18FNO2S. The van der Waals surface area contributed by atoms with Gasteiger partial charge in [0.1, 0.15) is 15.7 Å². The lowest BCUT2D eigenvalue weighted by atomic mass is 9.82. The summed E-state index contributed by atoms with van der Waals surface area (Å²) in [5, 5.41) is 3.23. The van der Waals surface area contributed by atoms with Gasteiger partial charge < -0.3 is 5.32 Å². The normalized spacial score (nSPS) is 25.0. The Morgan fingerprint density at radius 1 is 1.33 bits per heavy atom. The first-order chi connectivity index (χ1) is 8.46. The van der Waals surface area contributed by atoms with E-state index in [2.05, 4.69) is 5.32 Å². The third-order valence-corrected chi connectivity index (χ3v) is 4.46. The lowest BCUT2D eigenvalue weighted by molar-refractivity contribution is 0.350. The number of hydrogen-bond donors (Lipinski definition) is 1. The van der Waals surface area contributed by atoms with Crippen molar-refractivity contribution in [3.8, 4) is 0 Å². The van der Waals surface area contributed by atoms with Crippen molar-refractivity contribution < 1.29 is 12.8 Å². The predicted molar refractivity (Wildman–Crippen MR) is 69.8 cm³/mol. The topological polar surface area (TPSA) is 46.2 Å². The molecule has 1 N–H and O–H groups in total. The fourth-order valence-corrected chi connectivity index (χ4v) is 3.76. The molecule has 1 aliphatic rings. The molecule has 2 rings (SSSR count). The highest BCUT2D eigenvalue weighted by Gasteiger charge is 2.28. The van der Waals surface area contributed by atoms with E-state index in [1.807, 2.05) is 0 Å². The molecule has 5 heteroatoms. The zero-order chi connectivity index (χ0) is 13.2. The Bertz CT molecular complexity index is 498. The summed E-state index contributed by atoms with van der Waals surface area (Å²) in [5.41, 5.74) is 1.03. The van der Waals surface area contributed by atoms with Gasteiger partial charge in [0.05, 0.1) is 5.75 Å². The largest absolute Gasteiger partial charge is 0.316 e. The molecule has 1 aromatic rings. The van der Waals surface area contributed by atoms with E-state index in [-0.39, 0.29) is 23.4 Å². The van der Waals surface area contributed by atoms with Gasteiger partial charge in [-0.1, -0.05) is 12.1 Å². The van der Waals surface area contributed by atoms with E-state index in [9.17, 15) is 12.8 Å². The molecule has 0 radical (unpaired) electrons. The van der Waals surface area contributed by atoms with Gasteiger partial charge in [-0.2, -0.15) is 0 Å². The standard InChI is InChI=1S/C13H18FNO2S/c1-18(16,17)9-11-8-15-7-6-13(11)10-2-4-12(14)5-3-10/h2-5,11,13,15H,6-9H2,1H3. The molecule has 0 bridgehead atoms. The van der Waals surface area contributed by atoms with E-state index < -0.39 is 9.84 Å². The van der Waals surface area contributed by atoms with Crippen LogP contribution in [-0.4, -0.2) is 33.5 Å². The van der Waals surface area contributed by atoms with Gasteiger partial charge in [0.15, 0.2) is 0 Å². The third-order valence-electron chi connectivity index (χ3n) is 3.42. The molecule has 1 fully saturated rings. The van der Waals surface area contributed by atoms with Gasteiger partial charge in [-0.3, -0.25) is 0 Å². The van der Waals surface area contributed by atoms with Gasteiger partial charge >= 0.3 is 0 Å². The number of rotatable bonds is 3. The summed E-state index contributed by atoms with van der Waals surface area (Å²) in [5.74, 6) is 0.190. The molecule has 0 aliphatic carbocycles. The fourth-order valence-electron chi connectivity index (χ4n) is 2.64. The summed E-state index contributed by atoms with van der Waals surface area (Å²) < 4.78 is 35.8. The first-order valence-corrected chi connectivity index (χ1v) is 8.15. The first-order valence-electron chi connectivity index (χ1n) is 6.09. The van der Waals surface area contributed by atoms with Crippen LogP contribution in [-0.2, 0) is 9.84 Å². The highest BCUT2D eigenvalue weighted by molar-refractivity contribution is 7.90. The van der Waals surface area contributed by atoms with Crippen molar-refractivity contribution in [2.45, 2.75) is 12.3 Å². The quantitative estimate of drug-likeness (QED) is 0.907. The van der Waals surface area contributed by atoms with Crippen molar-refractivity contribution >= 4 is 9.84 Å². The van der Waals surface area contributed by atoms with E-state index in [0.29, 0.717) is 6.54 Å². The highest BCUT2D eigenvalue weighted by Crippen LogP contribution is 2.31. The van der Waals surface area contributed by atoms with E-state index in [1.54, 1.807) is 12.1 Å². The Hall–Kier alpha value is -0.940. The minimum Gasteiger partial charge on any atom is -0.316 e. The number of benzene rings is 1. The van der Waals surface area contributed by atoms with Crippen molar-refractivity contribution in [3.63, 3.8) is 0 Å². The van der Waals surface area contributed by atoms with Gasteiger partial charge in [0, 0.05) is 6.26 Å². The maximum atomic E-state index is 12.9. The van der Waals surface area contributed by atoms with Crippen LogP contribution in [0, 0.1) is 11.7 Å². The molecule has 1 heterocycles. The highest BCUT2D eigenvalue weighted by atomic mass is 32.2. The minimum atomic E-state index is -2.99. The van der Waals surface area contributed by atoms with E-state index >= 15 is 0 Å². The maximum Gasteiger partial charge on any atom is 0.147 e. The van der Waals surface area contributed by atoms with Crippen molar-refractivity contribution in [1.29, 1.82) is 0 Å². The van der Waals surface area contributed by atoms with Crippen molar-refractivity contribution in [1.82, 2.24) is 5.32 Å². The van der Waals surface area contributed by atoms with Crippen molar-refractivity contribution in [2.24, 2.45) is 5.92 Å². The second-order valence-corrected chi connectivity index (χ2v) is 7.19. The smallest absolute Gasteiger partial charge is 0.147 e. The number of nitrogens with one attached hydrogen (secondary N) is 1. The molecule has 1 aliphatic heterocycles. The second kappa shape index (κ2) is 5.36. The molecule has 0 aromatic heterocycles. The molecule has 18 heavy (non-hydrogen) atoms. The monoisotopic (exact) mass is 271 g/mol. The van der Waals surface area contributed by atoms with Crippen LogP contribution in [0.1, 0.15) is 17.9 Å². The van der Waals surface area contributed by atoms with Crippen LogP contribution in [0.5, 0.6) is 0 Å². The Balaban J connectivity index is 2.20. The predicted octanol–water partition coefficient (Wildman–Crippen LogP) is 1.56. The molecule has 1 saturated heterocycles. The molecule has 3 nitrogen and oxygen atoms in total. The Labute approximate surface area is 107 Å². The average Bonchev–Trinajstić information content (AvgIpc) is 2.29. The second-order valence-electron chi connectivity index (χ2n) is 5.00. The molecule has 100 valence electrons. The van der Waals surface area contributed by atoms with Crippen LogP contribution in [0.2, 0.25) is 0 Å². The molecule has 2 unspecified atom stereocenters. The maximum absolute atomic E-state index is 12.9. The summed E-state index contributed by atoms with van der Waals surface area (Å²) in [4.78, 5) is 0. The number of hydrogen-bond acceptors (Lipinski definition) is 3. The van der Waals surface area contributed by atoms with Crippen molar-refractivity contribution in [3.05, 3.63) is 35.6 Å². The Morgan fingerprint density at radius 3 is 2.61 bits per heavy atom. The summed E-state index contributed by atoms with van der Waals surface area (Å²) in [6.45, 7) is 1.58. The van der Waals surface area contributed by atoms with E-state index in [4.69, 9.17) is 0 Å². The van der Waals surface area contributed by atoms with E-state index in [0.717, 1.165) is 18.5 Å². The van der Waals surface area contributed by atoms with Crippen LogP contribution < -0.4 is 5.32 Å². The van der Waals surface area contributed by atoms with Crippen LogP contribution in [0.15, 0.2) is 24.3 Å². The first kappa shape index (κ1) is 13.5. The van der Waals surface area contributed by atoms with Gasteiger partial charge in [-0.05, 0) is 49.0 Å². The summed E-state index contributed by atoms with van der Waals surface area (Å²) in [7, 11) is -2.99. The summed E-state index contributed by atoms with van der Waals surface area (Å²) in [6, 6.07) is 6.41. The number of sulfone groups is 1. The lowest BCUT2D eigenvalue weighted by Gasteiger charge is -2.32. The SMILES string of the molecule is CS(=O)(=O)CC1CNCCC1c1ccc(F)cc1. The minimum absolute atomic E-state index is 0.0687. The Morgan fingerprint density at radius 2 is 2.00 bits per heavy atom. The van der Waals surface area contributed by atoms with Crippen LogP contribution in [0.25, 0.3) is 0 Å². The van der Waals surface area contributed by atoms with Crippen molar-refractivity contribution in [2.75, 3.05) is 25.1 Å². The molecule has 0 amide bonds. The molecule has 2 atom stereocenters. The Kier molecular flexibility index (Phi) is 4.02. The van der Waals surface area contributed by atoms with Gasteiger partial charge in [0.25, 0.3) is 0 Å². The zero-order valence-corrected chi connectivity index (χ0v) is 11.2. The molecular weight excluding hydrogens is 253 g/mol. The van der Waals surface area contributed by atoms with Crippen LogP contribution in [0.4, 0.5) is 4.39 Å². The molecule has 0 spiro atoms. The zero-order valence-electron chi connectivity index (χ0n) is 10.4. The van der Waals surface area contributed by atoms with Gasteiger partial charge in [0.2, 0.25) is 0 Å². The number of piperidine rings is 1. The van der Waals surface area contributed by atoms with Gasteiger partial charge in [-0.25, -0.2) is 12.8 Å². The van der Waals surface area contributed by atoms with Crippen LogP contribution in [0.3, 0.4) is 0 Å². The number of halogens is 1.